The number of hydrogen-bond donors (Lipinski definition) is 2. The summed E-state index contributed by atoms with van der Waals surface area (Å²) in [4.78, 5) is 13.5. The van der Waals surface area contributed by atoms with E-state index in [0.717, 1.165) is 18.7 Å². The zero-order valence-corrected chi connectivity index (χ0v) is 12.7. The molecule has 1 fully saturated rings. The molecule has 0 aromatic heterocycles. The van der Waals surface area contributed by atoms with Crippen molar-refractivity contribution in [3.8, 4) is 0 Å². The minimum atomic E-state index is -0.512. The average molecular weight is 322 g/mol. The van der Waals surface area contributed by atoms with Gasteiger partial charge in [-0.3, -0.25) is 4.79 Å². The highest BCUT2D eigenvalue weighted by Gasteiger charge is 2.25. The molecule has 1 aromatic carbocycles. The van der Waals surface area contributed by atoms with Crippen molar-refractivity contribution in [3.63, 3.8) is 0 Å². The van der Waals surface area contributed by atoms with E-state index in [1.54, 1.807) is 19.1 Å². The Morgan fingerprint density at radius 3 is 2.90 bits per heavy atom. The Morgan fingerprint density at radius 1 is 1.60 bits per heavy atom. The molecule has 0 aliphatic carbocycles. The van der Waals surface area contributed by atoms with Gasteiger partial charge in [0.25, 0.3) is 0 Å². The second kappa shape index (κ2) is 7.11. The maximum atomic E-state index is 13.4. The first-order valence-electron chi connectivity index (χ1n) is 6.23. The van der Waals surface area contributed by atoms with E-state index in [0.29, 0.717) is 6.54 Å². The third kappa shape index (κ3) is 3.98. The summed E-state index contributed by atoms with van der Waals surface area (Å²) in [7, 11) is 0. The van der Waals surface area contributed by atoms with Crippen molar-refractivity contribution in [2.45, 2.75) is 25.4 Å². The first-order valence-corrected chi connectivity index (χ1v) is 6.61. The first-order chi connectivity index (χ1) is 8.97. The summed E-state index contributed by atoms with van der Waals surface area (Å²) in [5, 5.41) is 2.99. The second-order valence-electron chi connectivity index (χ2n) is 4.83. The van der Waals surface area contributed by atoms with E-state index < -0.39 is 11.9 Å². The van der Waals surface area contributed by atoms with Gasteiger partial charge < -0.3 is 16.0 Å². The van der Waals surface area contributed by atoms with Crippen molar-refractivity contribution in [2.24, 2.45) is 5.73 Å². The molecule has 1 saturated heterocycles. The number of benzene rings is 1. The van der Waals surface area contributed by atoms with Gasteiger partial charge in [0.05, 0.1) is 11.1 Å². The third-order valence-electron chi connectivity index (χ3n) is 3.22. The highest BCUT2D eigenvalue weighted by Crippen LogP contribution is 2.24. The van der Waals surface area contributed by atoms with E-state index in [9.17, 15) is 9.18 Å². The number of nitrogens with zero attached hydrogens (tertiary/aromatic N) is 1. The fraction of sp³-hybridized carbons (Fsp3) is 0.462. The zero-order valence-electron chi connectivity index (χ0n) is 11.1. The number of rotatable bonds is 3. The van der Waals surface area contributed by atoms with Crippen molar-refractivity contribution in [2.75, 3.05) is 18.0 Å². The number of hydrogen-bond acceptors (Lipinski definition) is 3. The molecule has 1 aliphatic rings. The van der Waals surface area contributed by atoms with Crippen LogP contribution in [0.4, 0.5) is 10.1 Å². The van der Waals surface area contributed by atoms with Crippen molar-refractivity contribution >= 4 is 35.6 Å². The van der Waals surface area contributed by atoms with Gasteiger partial charge in [0, 0.05) is 24.8 Å². The standard InChI is InChI=1S/C13H17ClFN3O.ClH/c1-8(16)13(19)17-9-4-5-18(7-9)10-2-3-11(14)12(15)6-10;/h2-3,6,8-9H,4-5,7,16H2,1H3,(H,17,19);1H/t8-,9?;/m1./s1. The van der Waals surface area contributed by atoms with Gasteiger partial charge >= 0.3 is 0 Å². The molecule has 0 bridgehead atoms. The molecule has 1 heterocycles. The van der Waals surface area contributed by atoms with Gasteiger partial charge in [-0.2, -0.15) is 0 Å². The Bertz CT molecular complexity index is 485. The van der Waals surface area contributed by atoms with Crippen molar-refractivity contribution in [1.82, 2.24) is 5.32 Å². The van der Waals surface area contributed by atoms with Crippen molar-refractivity contribution in [3.05, 3.63) is 29.0 Å². The van der Waals surface area contributed by atoms with Crippen molar-refractivity contribution in [1.29, 1.82) is 0 Å². The molecular formula is C13H18Cl2FN3O. The lowest BCUT2D eigenvalue weighted by Crippen LogP contribution is -2.44. The minimum Gasteiger partial charge on any atom is -0.369 e. The number of amides is 1. The number of carbonyl (C=O) groups excluding carboxylic acids is 1. The Hall–Kier alpha value is -1.04. The fourth-order valence-electron chi connectivity index (χ4n) is 2.13. The van der Waals surface area contributed by atoms with E-state index in [1.807, 2.05) is 4.90 Å². The van der Waals surface area contributed by atoms with Crippen molar-refractivity contribution < 1.29 is 9.18 Å². The van der Waals surface area contributed by atoms with Crippen LogP contribution in [0, 0.1) is 5.82 Å². The monoisotopic (exact) mass is 321 g/mol. The SMILES string of the molecule is C[C@@H](N)C(=O)NC1CCN(c2ccc(Cl)c(F)c2)C1.Cl. The Kier molecular flexibility index (Phi) is 6.05. The molecule has 112 valence electrons. The number of anilines is 1. The number of carbonyl (C=O) groups is 1. The van der Waals surface area contributed by atoms with Gasteiger partial charge in [0.2, 0.25) is 5.91 Å². The molecule has 0 spiro atoms. The maximum absolute atomic E-state index is 13.4. The smallest absolute Gasteiger partial charge is 0.236 e. The van der Waals surface area contributed by atoms with E-state index in [4.69, 9.17) is 17.3 Å². The lowest BCUT2D eigenvalue weighted by Gasteiger charge is -2.19. The van der Waals surface area contributed by atoms with Gasteiger partial charge in [0.1, 0.15) is 5.82 Å². The molecule has 1 amide bonds. The largest absolute Gasteiger partial charge is 0.369 e. The zero-order chi connectivity index (χ0) is 14.0. The number of halogens is 3. The van der Waals surface area contributed by atoms with Gasteiger partial charge in [-0.15, -0.1) is 12.4 Å². The predicted molar refractivity (Wildman–Crippen MR) is 81.1 cm³/mol. The van der Waals surface area contributed by atoms with E-state index >= 15 is 0 Å². The molecule has 0 radical (unpaired) electrons. The van der Waals surface area contributed by atoms with E-state index in [1.165, 1.54) is 6.07 Å². The summed E-state index contributed by atoms with van der Waals surface area (Å²) < 4.78 is 13.4. The van der Waals surface area contributed by atoms with Gasteiger partial charge in [-0.05, 0) is 31.5 Å². The van der Waals surface area contributed by atoms with Crippen LogP contribution in [-0.2, 0) is 4.79 Å². The van der Waals surface area contributed by atoms with E-state index in [2.05, 4.69) is 5.32 Å². The predicted octanol–water partition coefficient (Wildman–Crippen LogP) is 1.94. The summed E-state index contributed by atoms with van der Waals surface area (Å²) in [6, 6.07) is 4.28. The topological polar surface area (TPSA) is 58.4 Å². The Morgan fingerprint density at radius 2 is 2.30 bits per heavy atom. The van der Waals surface area contributed by atoms with Gasteiger partial charge in [0.15, 0.2) is 0 Å². The van der Waals surface area contributed by atoms with Gasteiger partial charge in [-0.25, -0.2) is 4.39 Å². The summed E-state index contributed by atoms with van der Waals surface area (Å²) in [5.74, 6) is -0.587. The van der Waals surface area contributed by atoms with Crippen LogP contribution in [0.3, 0.4) is 0 Å². The van der Waals surface area contributed by atoms with Crippen LogP contribution >= 0.6 is 24.0 Å². The average Bonchev–Trinajstić information content (AvgIpc) is 2.81. The second-order valence-corrected chi connectivity index (χ2v) is 5.23. The molecule has 2 atom stereocenters. The molecule has 4 nitrogen and oxygen atoms in total. The number of nitrogens with two attached hydrogens (primary N) is 1. The summed E-state index contributed by atoms with van der Waals surface area (Å²) in [6.45, 7) is 3.07. The summed E-state index contributed by atoms with van der Waals surface area (Å²) in [6.07, 6.45) is 0.822. The Balaban J connectivity index is 0.00000200. The molecule has 7 heteroatoms. The fourth-order valence-corrected chi connectivity index (χ4v) is 2.24. The first kappa shape index (κ1) is 17.0. The molecule has 0 saturated carbocycles. The lowest BCUT2D eigenvalue weighted by atomic mass is 10.2. The highest BCUT2D eigenvalue weighted by atomic mass is 35.5. The number of nitrogens with one attached hydrogen (secondary N) is 1. The molecule has 2 rings (SSSR count). The van der Waals surface area contributed by atoms with Crippen LogP contribution in [0.15, 0.2) is 18.2 Å². The molecule has 3 N–H and O–H groups in total. The quantitative estimate of drug-likeness (QED) is 0.894. The van der Waals surface area contributed by atoms with Gasteiger partial charge in [-0.1, -0.05) is 11.6 Å². The summed E-state index contributed by atoms with van der Waals surface area (Å²) >= 11 is 5.66. The highest BCUT2D eigenvalue weighted by molar-refractivity contribution is 6.30. The molecule has 1 unspecified atom stereocenters. The van der Waals surface area contributed by atoms with Crippen LogP contribution in [0.5, 0.6) is 0 Å². The molecule has 1 aliphatic heterocycles. The molecule has 1 aromatic rings. The normalized spacial score (nSPS) is 19.4. The third-order valence-corrected chi connectivity index (χ3v) is 3.52. The Labute approximate surface area is 128 Å². The van der Waals surface area contributed by atoms with Crippen LogP contribution in [0.1, 0.15) is 13.3 Å². The van der Waals surface area contributed by atoms with Crippen LogP contribution in [-0.4, -0.2) is 31.1 Å². The van der Waals surface area contributed by atoms with Crippen LogP contribution in [0.25, 0.3) is 0 Å². The van der Waals surface area contributed by atoms with E-state index in [-0.39, 0.29) is 29.4 Å². The van der Waals surface area contributed by atoms with Crippen LogP contribution in [0.2, 0.25) is 5.02 Å². The maximum Gasteiger partial charge on any atom is 0.236 e. The lowest BCUT2D eigenvalue weighted by molar-refractivity contribution is -0.122. The minimum absolute atomic E-state index is 0. The summed E-state index contributed by atoms with van der Waals surface area (Å²) in [5.41, 5.74) is 6.28. The van der Waals surface area contributed by atoms with Crippen LogP contribution < -0.4 is 16.0 Å². The molecule has 20 heavy (non-hydrogen) atoms. The molecular weight excluding hydrogens is 304 g/mol.